The lowest BCUT2D eigenvalue weighted by Crippen LogP contribution is -2.36. The predicted molar refractivity (Wildman–Crippen MR) is 95.9 cm³/mol. The highest BCUT2D eigenvalue weighted by atomic mass is 16.5. The zero-order valence-corrected chi connectivity index (χ0v) is 14.6. The van der Waals surface area contributed by atoms with E-state index < -0.39 is 0 Å². The van der Waals surface area contributed by atoms with Crippen LogP contribution in [-0.2, 0) is 6.54 Å². The fraction of sp³-hybridized carbons (Fsp3) is 0.222. The van der Waals surface area contributed by atoms with E-state index in [-0.39, 0.29) is 12.1 Å². The number of methoxy groups -OCH3 is 1. The smallest absolute Gasteiger partial charge is 0.315 e. The van der Waals surface area contributed by atoms with E-state index in [0.29, 0.717) is 12.4 Å². The molecule has 134 valence electrons. The minimum absolute atomic E-state index is 0.131. The number of rotatable bonds is 6. The van der Waals surface area contributed by atoms with Gasteiger partial charge in [0, 0.05) is 18.8 Å². The second kappa shape index (κ2) is 8.11. The Morgan fingerprint density at radius 1 is 1.23 bits per heavy atom. The van der Waals surface area contributed by atoms with Crippen molar-refractivity contribution in [2.45, 2.75) is 19.5 Å². The Bertz CT molecular complexity index is 831. The number of urea groups is 1. The first-order valence-electron chi connectivity index (χ1n) is 8.14. The third kappa shape index (κ3) is 4.35. The van der Waals surface area contributed by atoms with Gasteiger partial charge >= 0.3 is 6.03 Å². The lowest BCUT2D eigenvalue weighted by molar-refractivity contribution is 0.237. The lowest BCUT2D eigenvalue weighted by Gasteiger charge is -2.15. The van der Waals surface area contributed by atoms with Crippen LogP contribution in [0.1, 0.15) is 24.1 Å². The Balaban J connectivity index is 1.51. The Morgan fingerprint density at radius 2 is 2.04 bits per heavy atom. The van der Waals surface area contributed by atoms with Crippen LogP contribution in [-0.4, -0.2) is 32.9 Å². The summed E-state index contributed by atoms with van der Waals surface area (Å²) in [4.78, 5) is 20.1. The Morgan fingerprint density at radius 3 is 2.65 bits per heavy atom. The normalized spacial score (nSPS) is 11.6. The van der Waals surface area contributed by atoms with Crippen molar-refractivity contribution in [2.75, 3.05) is 7.11 Å². The van der Waals surface area contributed by atoms with E-state index in [1.807, 2.05) is 37.3 Å². The maximum atomic E-state index is 12.1. The largest absolute Gasteiger partial charge is 0.481 e. The van der Waals surface area contributed by atoms with Crippen LogP contribution in [0, 0.1) is 0 Å². The number of pyridine rings is 1. The number of aromatic nitrogens is 4. The van der Waals surface area contributed by atoms with Gasteiger partial charge in [-0.15, -0.1) is 0 Å². The zero-order chi connectivity index (χ0) is 18.4. The van der Waals surface area contributed by atoms with Crippen LogP contribution in [0.15, 0.2) is 55.2 Å². The molecule has 2 aromatic heterocycles. The van der Waals surface area contributed by atoms with Crippen LogP contribution < -0.4 is 15.4 Å². The summed E-state index contributed by atoms with van der Waals surface area (Å²) in [6.07, 6.45) is 4.80. The quantitative estimate of drug-likeness (QED) is 0.709. The number of nitrogens with one attached hydrogen (secondary N) is 2. The molecule has 3 rings (SSSR count). The summed E-state index contributed by atoms with van der Waals surface area (Å²) in [6, 6.07) is 11.0. The number of benzene rings is 1. The highest BCUT2D eigenvalue weighted by Gasteiger charge is 2.10. The van der Waals surface area contributed by atoms with E-state index >= 15 is 0 Å². The second-order valence-corrected chi connectivity index (χ2v) is 5.69. The molecule has 0 fully saturated rings. The van der Waals surface area contributed by atoms with Gasteiger partial charge in [0.1, 0.15) is 12.7 Å². The van der Waals surface area contributed by atoms with Gasteiger partial charge in [-0.1, -0.05) is 18.2 Å². The van der Waals surface area contributed by atoms with Crippen molar-refractivity contribution >= 4 is 6.03 Å². The summed E-state index contributed by atoms with van der Waals surface area (Å²) >= 11 is 0. The van der Waals surface area contributed by atoms with Crippen LogP contribution in [0.3, 0.4) is 0 Å². The van der Waals surface area contributed by atoms with E-state index in [1.165, 1.54) is 6.33 Å². The molecule has 1 unspecified atom stereocenters. The number of carbonyl (C=O) groups is 1. The fourth-order valence-corrected chi connectivity index (χ4v) is 2.41. The monoisotopic (exact) mass is 352 g/mol. The van der Waals surface area contributed by atoms with Crippen molar-refractivity contribution in [3.63, 3.8) is 0 Å². The minimum atomic E-state index is -0.242. The van der Waals surface area contributed by atoms with Crippen molar-refractivity contribution in [1.82, 2.24) is 30.4 Å². The Labute approximate surface area is 151 Å². The number of hydrogen-bond acceptors (Lipinski definition) is 5. The van der Waals surface area contributed by atoms with Gasteiger partial charge in [0.15, 0.2) is 0 Å². The third-order valence-corrected chi connectivity index (χ3v) is 3.88. The summed E-state index contributed by atoms with van der Waals surface area (Å²) in [7, 11) is 1.56. The number of amides is 2. The first kappa shape index (κ1) is 17.4. The van der Waals surface area contributed by atoms with Crippen LogP contribution in [0.25, 0.3) is 5.69 Å². The van der Waals surface area contributed by atoms with Gasteiger partial charge in [-0.3, -0.25) is 0 Å². The van der Waals surface area contributed by atoms with Gasteiger partial charge < -0.3 is 15.4 Å². The summed E-state index contributed by atoms with van der Waals surface area (Å²) in [5, 5.41) is 9.82. The third-order valence-electron chi connectivity index (χ3n) is 3.88. The van der Waals surface area contributed by atoms with Crippen LogP contribution in [0.2, 0.25) is 0 Å². The molecule has 0 aliphatic carbocycles. The molecule has 0 aliphatic rings. The molecule has 2 amide bonds. The van der Waals surface area contributed by atoms with Crippen molar-refractivity contribution < 1.29 is 9.53 Å². The number of ether oxygens (including phenoxy) is 1. The maximum Gasteiger partial charge on any atom is 0.315 e. The molecular weight excluding hydrogens is 332 g/mol. The van der Waals surface area contributed by atoms with Crippen molar-refractivity contribution in [1.29, 1.82) is 0 Å². The van der Waals surface area contributed by atoms with Gasteiger partial charge in [-0.2, -0.15) is 5.10 Å². The van der Waals surface area contributed by atoms with Crippen molar-refractivity contribution in [2.24, 2.45) is 0 Å². The average Bonchev–Trinajstić information content (AvgIpc) is 3.21. The number of carbonyl (C=O) groups excluding carboxylic acids is 1. The van der Waals surface area contributed by atoms with Crippen molar-refractivity contribution in [3.05, 3.63) is 66.4 Å². The predicted octanol–water partition coefficient (Wildman–Crippen LogP) is 2.23. The fourth-order valence-electron chi connectivity index (χ4n) is 2.41. The van der Waals surface area contributed by atoms with Gasteiger partial charge in [0.25, 0.3) is 0 Å². The molecule has 0 spiro atoms. The van der Waals surface area contributed by atoms with E-state index in [2.05, 4.69) is 25.7 Å². The number of nitrogens with zero attached hydrogens (tertiary/aromatic N) is 4. The van der Waals surface area contributed by atoms with E-state index in [1.54, 1.807) is 30.4 Å². The van der Waals surface area contributed by atoms with Gasteiger partial charge in [0.2, 0.25) is 5.88 Å². The lowest BCUT2D eigenvalue weighted by atomic mass is 10.1. The van der Waals surface area contributed by atoms with Crippen LogP contribution >= 0.6 is 0 Å². The Hall–Kier alpha value is -3.42. The second-order valence-electron chi connectivity index (χ2n) is 5.69. The first-order valence-corrected chi connectivity index (χ1v) is 8.14. The molecule has 26 heavy (non-hydrogen) atoms. The van der Waals surface area contributed by atoms with E-state index in [9.17, 15) is 4.79 Å². The molecule has 0 saturated carbocycles. The molecule has 1 aromatic carbocycles. The highest BCUT2D eigenvalue weighted by molar-refractivity contribution is 5.74. The van der Waals surface area contributed by atoms with Crippen LogP contribution in [0.5, 0.6) is 5.88 Å². The SMILES string of the molecule is COc1ccc(CNC(=O)NC(C)c2ccc(-n3cncn3)cc2)cn1. The van der Waals surface area contributed by atoms with Gasteiger partial charge in [-0.25, -0.2) is 19.4 Å². The molecule has 1 atom stereocenters. The molecule has 8 nitrogen and oxygen atoms in total. The standard InChI is InChI=1S/C18H20N6O2/c1-13(15-4-6-16(7-5-15)24-12-19-11-22-24)23-18(25)21-10-14-3-8-17(26-2)20-9-14/h3-9,11-13H,10H2,1-2H3,(H2,21,23,25). The summed E-state index contributed by atoms with van der Waals surface area (Å²) in [5.41, 5.74) is 2.80. The maximum absolute atomic E-state index is 12.1. The summed E-state index contributed by atoms with van der Waals surface area (Å²) in [5.74, 6) is 0.543. The molecule has 0 aliphatic heterocycles. The molecule has 8 heteroatoms. The molecule has 0 bridgehead atoms. The first-order chi connectivity index (χ1) is 12.7. The topological polar surface area (TPSA) is 94.0 Å². The minimum Gasteiger partial charge on any atom is -0.481 e. The van der Waals surface area contributed by atoms with E-state index in [4.69, 9.17) is 4.74 Å². The Kier molecular flexibility index (Phi) is 5.43. The summed E-state index contributed by atoms with van der Waals surface area (Å²) in [6.45, 7) is 2.32. The zero-order valence-electron chi connectivity index (χ0n) is 14.6. The molecule has 2 heterocycles. The molecule has 0 saturated heterocycles. The van der Waals surface area contributed by atoms with Crippen molar-refractivity contribution in [3.8, 4) is 11.6 Å². The number of hydrogen-bond donors (Lipinski definition) is 2. The van der Waals surface area contributed by atoms with Gasteiger partial charge in [-0.05, 0) is 30.2 Å². The summed E-state index contributed by atoms with van der Waals surface area (Å²) < 4.78 is 6.69. The highest BCUT2D eigenvalue weighted by Crippen LogP contribution is 2.15. The molecular formula is C18H20N6O2. The van der Waals surface area contributed by atoms with E-state index in [0.717, 1.165) is 16.8 Å². The average molecular weight is 352 g/mol. The van der Waals surface area contributed by atoms with Gasteiger partial charge in [0.05, 0.1) is 18.8 Å². The molecule has 0 radical (unpaired) electrons. The molecule has 2 N–H and O–H groups in total. The van der Waals surface area contributed by atoms with Crippen LogP contribution in [0.4, 0.5) is 4.79 Å². The molecule has 3 aromatic rings.